The topological polar surface area (TPSA) is 66.5 Å². The molecule has 1 N–H and O–H groups in total. The van der Waals surface area contributed by atoms with Crippen LogP contribution in [0.3, 0.4) is 0 Å². The molecule has 0 bridgehead atoms. The summed E-state index contributed by atoms with van der Waals surface area (Å²) in [5.74, 6) is -1.26. The van der Waals surface area contributed by atoms with Crippen LogP contribution in [0.4, 0.5) is 0 Å². The van der Waals surface area contributed by atoms with Crippen LogP contribution in [0, 0.1) is 0 Å². The predicted octanol–water partition coefficient (Wildman–Crippen LogP) is 1.61. The average Bonchev–Trinajstić information content (AvgIpc) is 2.40. The van der Waals surface area contributed by atoms with Crippen LogP contribution in [0.5, 0.6) is 0 Å². The number of amides is 3. The maximum Gasteiger partial charge on any atom is 0.256 e. The molecule has 20 heavy (non-hydrogen) atoms. The minimum absolute atomic E-state index is 0.119. The molecule has 1 unspecified atom stereocenters. The lowest BCUT2D eigenvalue weighted by atomic mass is 10.1. The highest BCUT2D eigenvalue weighted by molar-refractivity contribution is 9.10. The van der Waals surface area contributed by atoms with Crippen molar-refractivity contribution < 1.29 is 14.4 Å². The number of hydrogen-bond acceptors (Lipinski definition) is 4. The van der Waals surface area contributed by atoms with Crippen molar-refractivity contribution in [2.75, 3.05) is 6.54 Å². The lowest BCUT2D eigenvalue weighted by Gasteiger charge is -2.33. The number of hydrogen-bond donors (Lipinski definition) is 2. The molecular formula is C13H13BrN2O3S. The van der Waals surface area contributed by atoms with Crippen LogP contribution in [-0.2, 0) is 9.59 Å². The second-order valence-corrected chi connectivity index (χ2v) is 5.80. The van der Waals surface area contributed by atoms with E-state index < -0.39 is 17.9 Å². The van der Waals surface area contributed by atoms with Gasteiger partial charge in [-0.3, -0.25) is 19.7 Å². The van der Waals surface area contributed by atoms with Gasteiger partial charge in [0.15, 0.2) is 0 Å². The first kappa shape index (κ1) is 15.1. The first-order valence-corrected chi connectivity index (χ1v) is 7.31. The fraction of sp³-hybridized carbons (Fsp3) is 0.308. The van der Waals surface area contributed by atoms with E-state index in [-0.39, 0.29) is 12.5 Å². The molecule has 0 saturated carbocycles. The molecule has 1 fully saturated rings. The quantitative estimate of drug-likeness (QED) is 0.624. The summed E-state index contributed by atoms with van der Waals surface area (Å²) >= 11 is 7.51. The molecule has 1 aromatic rings. The summed E-state index contributed by atoms with van der Waals surface area (Å²) in [5, 5.41) is 2.24. The van der Waals surface area contributed by atoms with Gasteiger partial charge in [0.05, 0.1) is 5.56 Å². The minimum Gasteiger partial charge on any atom is -0.317 e. The number of thiol groups is 1. The molecule has 1 atom stereocenters. The van der Waals surface area contributed by atoms with Crippen molar-refractivity contribution in [3.8, 4) is 0 Å². The van der Waals surface area contributed by atoms with Gasteiger partial charge in [0.1, 0.15) is 12.6 Å². The van der Waals surface area contributed by atoms with E-state index in [9.17, 15) is 14.4 Å². The van der Waals surface area contributed by atoms with Crippen molar-refractivity contribution in [3.63, 3.8) is 0 Å². The number of benzene rings is 1. The van der Waals surface area contributed by atoms with Gasteiger partial charge in [-0.2, -0.15) is 0 Å². The summed E-state index contributed by atoms with van der Waals surface area (Å²) in [7, 11) is 0. The Labute approximate surface area is 130 Å². The van der Waals surface area contributed by atoms with Crippen LogP contribution in [0.2, 0.25) is 0 Å². The molecule has 1 saturated heterocycles. The lowest BCUT2D eigenvalue weighted by Crippen LogP contribution is -2.59. The Morgan fingerprint density at radius 2 is 2.20 bits per heavy atom. The Bertz CT molecular complexity index is 591. The summed E-state index contributed by atoms with van der Waals surface area (Å²) < 4.78 is 0.605. The first-order chi connectivity index (χ1) is 9.43. The standard InChI is InChI=1S/C13H13BrN2O3S/c1-2-10-12(18)15-11(17)6-16(10)13(19)8-5-7(20)3-4-9(8)14/h3-5,10,20H,2,6H2,1H3,(H,15,17,18). The molecule has 1 aliphatic rings. The summed E-state index contributed by atoms with van der Waals surface area (Å²) in [4.78, 5) is 37.8. The third-order valence-electron chi connectivity index (χ3n) is 3.08. The SMILES string of the molecule is CCC1C(=O)NC(=O)CN1C(=O)c1cc(S)ccc1Br. The van der Waals surface area contributed by atoms with Gasteiger partial charge in [0.2, 0.25) is 11.8 Å². The van der Waals surface area contributed by atoms with Gasteiger partial charge >= 0.3 is 0 Å². The summed E-state index contributed by atoms with van der Waals surface area (Å²) in [6, 6.07) is 4.44. The Morgan fingerprint density at radius 3 is 2.85 bits per heavy atom. The number of nitrogens with zero attached hydrogens (tertiary/aromatic N) is 1. The number of nitrogens with one attached hydrogen (secondary N) is 1. The van der Waals surface area contributed by atoms with E-state index in [1.54, 1.807) is 25.1 Å². The van der Waals surface area contributed by atoms with Gasteiger partial charge in [0.25, 0.3) is 5.91 Å². The predicted molar refractivity (Wildman–Crippen MR) is 79.7 cm³/mol. The van der Waals surface area contributed by atoms with E-state index in [4.69, 9.17) is 0 Å². The normalized spacial score (nSPS) is 18.9. The van der Waals surface area contributed by atoms with Crippen molar-refractivity contribution in [3.05, 3.63) is 28.2 Å². The van der Waals surface area contributed by atoms with Crippen molar-refractivity contribution in [2.45, 2.75) is 24.3 Å². The smallest absolute Gasteiger partial charge is 0.256 e. The second kappa shape index (κ2) is 5.97. The zero-order valence-corrected chi connectivity index (χ0v) is 13.2. The summed E-state index contributed by atoms with van der Waals surface area (Å²) in [5.41, 5.74) is 0.387. The average molecular weight is 357 g/mol. The molecule has 7 heteroatoms. The highest BCUT2D eigenvalue weighted by Crippen LogP contribution is 2.23. The molecule has 1 aromatic carbocycles. The molecule has 0 aliphatic carbocycles. The van der Waals surface area contributed by atoms with Crippen molar-refractivity contribution in [1.82, 2.24) is 10.2 Å². The highest BCUT2D eigenvalue weighted by Gasteiger charge is 2.36. The molecule has 1 aliphatic heterocycles. The Balaban J connectivity index is 2.37. The molecule has 106 valence electrons. The molecule has 0 radical (unpaired) electrons. The third kappa shape index (κ3) is 2.88. The monoisotopic (exact) mass is 356 g/mol. The van der Waals surface area contributed by atoms with Gasteiger partial charge in [-0.05, 0) is 40.5 Å². The van der Waals surface area contributed by atoms with Crippen LogP contribution in [0.1, 0.15) is 23.7 Å². The zero-order valence-electron chi connectivity index (χ0n) is 10.7. The Hall–Kier alpha value is -1.34. The fourth-order valence-corrected chi connectivity index (χ4v) is 2.74. The minimum atomic E-state index is -0.629. The molecule has 3 amide bonds. The van der Waals surface area contributed by atoms with Crippen LogP contribution in [0.15, 0.2) is 27.6 Å². The number of imide groups is 1. The van der Waals surface area contributed by atoms with E-state index in [1.807, 2.05) is 0 Å². The Kier molecular flexibility index (Phi) is 4.49. The maximum atomic E-state index is 12.6. The second-order valence-electron chi connectivity index (χ2n) is 4.43. The number of halogens is 1. The lowest BCUT2D eigenvalue weighted by molar-refractivity contribution is -0.138. The van der Waals surface area contributed by atoms with Crippen LogP contribution >= 0.6 is 28.6 Å². The number of carbonyl (C=O) groups is 3. The van der Waals surface area contributed by atoms with E-state index in [1.165, 1.54) is 4.90 Å². The number of piperazine rings is 1. The van der Waals surface area contributed by atoms with Gasteiger partial charge in [-0.15, -0.1) is 12.6 Å². The summed E-state index contributed by atoms with van der Waals surface area (Å²) in [6.45, 7) is 1.68. The molecular weight excluding hydrogens is 344 g/mol. The van der Waals surface area contributed by atoms with Crippen LogP contribution < -0.4 is 5.32 Å². The van der Waals surface area contributed by atoms with Gasteiger partial charge in [-0.1, -0.05) is 6.92 Å². The van der Waals surface area contributed by atoms with Crippen molar-refractivity contribution in [2.24, 2.45) is 0 Å². The van der Waals surface area contributed by atoms with E-state index >= 15 is 0 Å². The van der Waals surface area contributed by atoms with Gasteiger partial charge in [0, 0.05) is 9.37 Å². The zero-order chi connectivity index (χ0) is 14.9. The third-order valence-corrected chi connectivity index (χ3v) is 4.05. The number of carbonyl (C=O) groups excluding carboxylic acids is 3. The van der Waals surface area contributed by atoms with Gasteiger partial charge in [-0.25, -0.2) is 0 Å². The fourth-order valence-electron chi connectivity index (χ4n) is 2.12. The molecule has 2 rings (SSSR count). The van der Waals surface area contributed by atoms with Gasteiger partial charge < -0.3 is 4.90 Å². The molecule has 1 heterocycles. The highest BCUT2D eigenvalue weighted by atomic mass is 79.9. The van der Waals surface area contributed by atoms with Crippen molar-refractivity contribution >= 4 is 46.3 Å². The van der Waals surface area contributed by atoms with E-state index in [0.29, 0.717) is 21.4 Å². The number of rotatable bonds is 2. The van der Waals surface area contributed by atoms with E-state index in [0.717, 1.165) is 0 Å². The van der Waals surface area contributed by atoms with Crippen LogP contribution in [-0.4, -0.2) is 35.2 Å². The molecule has 0 aromatic heterocycles. The largest absolute Gasteiger partial charge is 0.317 e. The van der Waals surface area contributed by atoms with E-state index in [2.05, 4.69) is 33.9 Å². The molecule has 0 spiro atoms. The van der Waals surface area contributed by atoms with Crippen molar-refractivity contribution in [1.29, 1.82) is 0 Å². The molecule has 5 nitrogen and oxygen atoms in total. The summed E-state index contributed by atoms with van der Waals surface area (Å²) in [6.07, 6.45) is 0.447. The first-order valence-electron chi connectivity index (χ1n) is 6.07. The maximum absolute atomic E-state index is 12.6. The van der Waals surface area contributed by atoms with Crippen LogP contribution in [0.25, 0.3) is 0 Å². The Morgan fingerprint density at radius 1 is 1.50 bits per heavy atom.